The van der Waals surface area contributed by atoms with Gasteiger partial charge in [0.1, 0.15) is 5.75 Å². The predicted octanol–water partition coefficient (Wildman–Crippen LogP) is 4.78. The van der Waals surface area contributed by atoms with E-state index in [4.69, 9.17) is 27.9 Å². The van der Waals surface area contributed by atoms with Gasteiger partial charge in [-0.25, -0.2) is 4.79 Å². The van der Waals surface area contributed by atoms with Gasteiger partial charge in [-0.1, -0.05) is 23.2 Å². The Morgan fingerprint density at radius 1 is 1.10 bits per heavy atom. The van der Waals surface area contributed by atoms with E-state index in [0.717, 1.165) is 0 Å². The Morgan fingerprint density at radius 3 is 2.45 bits per heavy atom. The van der Waals surface area contributed by atoms with Crippen molar-refractivity contribution >= 4 is 35.0 Å². The lowest BCUT2D eigenvalue weighted by Crippen LogP contribution is -2.27. The van der Waals surface area contributed by atoms with Crippen LogP contribution in [-0.2, 0) is 6.54 Å². The molecule has 1 heterocycles. The molecule has 0 radical (unpaired) electrons. The molecule has 0 spiro atoms. The molecule has 0 atom stereocenters. The fourth-order valence-corrected chi connectivity index (χ4v) is 2.46. The summed E-state index contributed by atoms with van der Waals surface area (Å²) in [6, 6.07) is 9.99. The third-order valence-corrected chi connectivity index (χ3v) is 3.48. The first-order valence-electron chi connectivity index (χ1n) is 5.81. The van der Waals surface area contributed by atoms with Crippen LogP contribution in [0.1, 0.15) is 5.56 Å². The normalized spacial score (nSPS) is 13.0. The number of carbonyl (C=O) groups is 1. The summed E-state index contributed by atoms with van der Waals surface area (Å²) < 4.78 is 5.77. The van der Waals surface area contributed by atoms with Crippen LogP contribution >= 0.6 is 23.2 Å². The minimum absolute atomic E-state index is 0.151. The quantitative estimate of drug-likeness (QED) is 0.761. The van der Waals surface area contributed by atoms with Crippen LogP contribution in [-0.4, -0.2) is 11.2 Å². The van der Waals surface area contributed by atoms with Gasteiger partial charge in [0.05, 0.1) is 12.2 Å². The van der Waals surface area contributed by atoms with Crippen LogP contribution in [0.25, 0.3) is 0 Å². The molecular formula is C14H9Cl2NO3. The molecule has 0 aliphatic carbocycles. The van der Waals surface area contributed by atoms with Crippen molar-refractivity contribution < 1.29 is 14.6 Å². The molecule has 1 aliphatic heterocycles. The smallest absolute Gasteiger partial charge is 0.412 e. The first-order valence-corrected chi connectivity index (χ1v) is 6.56. The second-order valence-electron chi connectivity index (χ2n) is 4.33. The molecule has 0 aromatic heterocycles. The van der Waals surface area contributed by atoms with Gasteiger partial charge in [0.2, 0.25) is 0 Å². The van der Waals surface area contributed by atoms with E-state index >= 15 is 0 Å². The van der Waals surface area contributed by atoms with Crippen LogP contribution < -0.4 is 9.64 Å². The molecule has 1 aliphatic rings. The van der Waals surface area contributed by atoms with Crippen molar-refractivity contribution in [1.82, 2.24) is 0 Å². The topological polar surface area (TPSA) is 49.8 Å². The highest BCUT2D eigenvalue weighted by Crippen LogP contribution is 2.40. The number of carboxylic acid groups (broad SMARTS) is 1. The van der Waals surface area contributed by atoms with E-state index in [1.165, 1.54) is 4.90 Å². The van der Waals surface area contributed by atoms with Gasteiger partial charge in [-0.3, -0.25) is 4.90 Å². The fourth-order valence-electron chi connectivity index (χ4n) is 2.10. The molecule has 0 saturated heterocycles. The van der Waals surface area contributed by atoms with Crippen LogP contribution in [0.15, 0.2) is 36.4 Å². The van der Waals surface area contributed by atoms with Gasteiger partial charge >= 0.3 is 6.09 Å². The fraction of sp³-hybridized carbons (Fsp3) is 0.0714. The molecule has 2 aromatic carbocycles. The van der Waals surface area contributed by atoms with Gasteiger partial charge in [-0.05, 0) is 36.4 Å². The van der Waals surface area contributed by atoms with Crippen LogP contribution in [0, 0.1) is 0 Å². The van der Waals surface area contributed by atoms with Gasteiger partial charge in [0.25, 0.3) is 0 Å². The monoisotopic (exact) mass is 309 g/mol. The highest BCUT2D eigenvalue weighted by Gasteiger charge is 2.25. The molecule has 0 fully saturated rings. The average molecular weight is 310 g/mol. The van der Waals surface area contributed by atoms with E-state index in [0.29, 0.717) is 32.8 Å². The van der Waals surface area contributed by atoms with Crippen molar-refractivity contribution in [3.05, 3.63) is 52.0 Å². The molecule has 2 aromatic rings. The van der Waals surface area contributed by atoms with Gasteiger partial charge in [0.15, 0.2) is 5.75 Å². The Morgan fingerprint density at radius 2 is 1.75 bits per heavy atom. The number of ether oxygens (including phenoxy) is 1. The molecule has 0 bridgehead atoms. The first-order chi connectivity index (χ1) is 9.54. The summed E-state index contributed by atoms with van der Waals surface area (Å²) in [6.45, 7) is 0.151. The zero-order chi connectivity index (χ0) is 14.3. The van der Waals surface area contributed by atoms with E-state index in [1.807, 2.05) is 0 Å². The minimum Gasteiger partial charge on any atom is -0.465 e. The SMILES string of the molecule is O=C(O)N1Cc2cc(Cl)ccc2Oc2ccc(Cl)cc21. The minimum atomic E-state index is -1.08. The third kappa shape index (κ3) is 2.28. The number of nitrogens with zero attached hydrogens (tertiary/aromatic N) is 1. The summed E-state index contributed by atoms with van der Waals surface area (Å²) in [6.07, 6.45) is -1.08. The van der Waals surface area contributed by atoms with Crippen LogP contribution in [0.5, 0.6) is 11.5 Å². The highest BCUT2D eigenvalue weighted by molar-refractivity contribution is 6.31. The number of halogens is 2. The second kappa shape index (κ2) is 4.89. The molecule has 20 heavy (non-hydrogen) atoms. The second-order valence-corrected chi connectivity index (χ2v) is 5.21. The number of hydrogen-bond donors (Lipinski definition) is 1. The van der Waals surface area contributed by atoms with Crippen molar-refractivity contribution in [3.8, 4) is 11.5 Å². The number of anilines is 1. The Balaban J connectivity index is 2.18. The van der Waals surface area contributed by atoms with Gasteiger partial charge in [-0.15, -0.1) is 0 Å². The molecular weight excluding hydrogens is 301 g/mol. The number of fused-ring (bicyclic) bond motifs is 2. The Kier molecular flexibility index (Phi) is 3.20. The zero-order valence-electron chi connectivity index (χ0n) is 10.1. The molecule has 0 unspecified atom stereocenters. The third-order valence-electron chi connectivity index (χ3n) is 3.01. The molecule has 1 amide bonds. The van der Waals surface area contributed by atoms with Crippen LogP contribution in [0.4, 0.5) is 10.5 Å². The maximum Gasteiger partial charge on any atom is 0.412 e. The summed E-state index contributed by atoms with van der Waals surface area (Å²) in [7, 11) is 0. The van der Waals surface area contributed by atoms with E-state index in [9.17, 15) is 9.90 Å². The number of hydrogen-bond acceptors (Lipinski definition) is 2. The van der Waals surface area contributed by atoms with E-state index < -0.39 is 6.09 Å². The molecule has 1 N–H and O–H groups in total. The van der Waals surface area contributed by atoms with Crippen molar-refractivity contribution in [1.29, 1.82) is 0 Å². The molecule has 3 rings (SSSR count). The maximum atomic E-state index is 11.5. The highest BCUT2D eigenvalue weighted by atomic mass is 35.5. The lowest BCUT2D eigenvalue weighted by atomic mass is 10.2. The van der Waals surface area contributed by atoms with E-state index in [2.05, 4.69) is 0 Å². The lowest BCUT2D eigenvalue weighted by Gasteiger charge is -2.18. The Bertz CT molecular complexity index is 703. The van der Waals surface area contributed by atoms with Crippen molar-refractivity contribution in [2.45, 2.75) is 6.54 Å². The lowest BCUT2D eigenvalue weighted by molar-refractivity contribution is 0.201. The maximum absolute atomic E-state index is 11.5. The summed E-state index contributed by atoms with van der Waals surface area (Å²) >= 11 is 11.9. The number of amides is 1. The average Bonchev–Trinajstić information content (AvgIpc) is 2.55. The zero-order valence-corrected chi connectivity index (χ0v) is 11.6. The van der Waals surface area contributed by atoms with Gasteiger partial charge in [0, 0.05) is 15.6 Å². The van der Waals surface area contributed by atoms with Crippen molar-refractivity contribution in [2.24, 2.45) is 0 Å². The van der Waals surface area contributed by atoms with Crippen molar-refractivity contribution in [2.75, 3.05) is 4.90 Å². The van der Waals surface area contributed by atoms with Gasteiger partial charge < -0.3 is 9.84 Å². The first kappa shape index (κ1) is 13.1. The predicted molar refractivity (Wildman–Crippen MR) is 77.2 cm³/mol. The van der Waals surface area contributed by atoms with Crippen LogP contribution in [0.2, 0.25) is 10.0 Å². The molecule has 102 valence electrons. The summed E-state index contributed by atoms with van der Waals surface area (Å²) in [5.74, 6) is 1.03. The standard InChI is InChI=1S/C14H9Cl2NO3/c15-9-1-3-12-8(5-9)7-17(14(18)19)11-6-10(16)2-4-13(11)20-12/h1-6H,7H2,(H,18,19). The van der Waals surface area contributed by atoms with E-state index in [1.54, 1.807) is 36.4 Å². The molecule has 0 saturated carbocycles. The van der Waals surface area contributed by atoms with E-state index in [-0.39, 0.29) is 6.54 Å². The van der Waals surface area contributed by atoms with Crippen LogP contribution in [0.3, 0.4) is 0 Å². The molecule has 4 nitrogen and oxygen atoms in total. The largest absolute Gasteiger partial charge is 0.465 e. The Hall–Kier alpha value is -1.91. The summed E-state index contributed by atoms with van der Waals surface area (Å²) in [5.41, 5.74) is 1.12. The molecule has 6 heteroatoms. The number of rotatable bonds is 0. The van der Waals surface area contributed by atoms with Gasteiger partial charge in [-0.2, -0.15) is 0 Å². The summed E-state index contributed by atoms with van der Waals surface area (Å²) in [5, 5.41) is 10.4. The summed E-state index contributed by atoms with van der Waals surface area (Å²) in [4.78, 5) is 12.7. The van der Waals surface area contributed by atoms with Crippen molar-refractivity contribution in [3.63, 3.8) is 0 Å². The number of benzene rings is 2. The Labute approximate surface area is 125 Å².